The number of carboxylic acid groups (broad SMARTS) is 1. The van der Waals surface area contributed by atoms with Gasteiger partial charge in [-0.25, -0.2) is 4.79 Å². The number of aromatic carboxylic acids is 1. The molecule has 1 fully saturated rings. The molecule has 1 aliphatic rings. The van der Waals surface area contributed by atoms with E-state index in [1.807, 2.05) is 27.7 Å². The largest absolute Gasteiger partial charge is 0.494 e. The zero-order valence-corrected chi connectivity index (χ0v) is 11.6. The summed E-state index contributed by atoms with van der Waals surface area (Å²) in [5.74, 6) is -1.04. The maximum atomic E-state index is 10.9. The first kappa shape index (κ1) is 13.9. The number of nitrogens with two attached hydrogens (primary N) is 1. The summed E-state index contributed by atoms with van der Waals surface area (Å²) in [7, 11) is -0.532. The molecule has 102 valence electrons. The molecule has 0 unspecified atom stereocenters. The van der Waals surface area contributed by atoms with Gasteiger partial charge in [0.15, 0.2) is 0 Å². The topological polar surface area (TPSA) is 81.8 Å². The molecule has 0 atom stereocenters. The normalized spacial score (nSPS) is 20.5. The zero-order chi connectivity index (χ0) is 14.4. The fourth-order valence-corrected chi connectivity index (χ4v) is 1.90. The molecule has 0 saturated carbocycles. The van der Waals surface area contributed by atoms with Crippen molar-refractivity contribution >= 4 is 24.2 Å². The summed E-state index contributed by atoms with van der Waals surface area (Å²) < 4.78 is 11.8. The predicted octanol–water partition coefficient (Wildman–Crippen LogP) is 1.27. The first-order valence-corrected chi connectivity index (χ1v) is 6.12. The second-order valence-corrected chi connectivity index (χ2v) is 5.74. The third-order valence-electron chi connectivity index (χ3n) is 3.83. The molecule has 1 aromatic carbocycles. The summed E-state index contributed by atoms with van der Waals surface area (Å²) in [6.07, 6.45) is 0. The number of nitrogen functional groups attached to an aromatic ring is 1. The first-order valence-electron chi connectivity index (χ1n) is 6.12. The summed E-state index contributed by atoms with van der Waals surface area (Å²) in [6.45, 7) is 7.84. The van der Waals surface area contributed by atoms with E-state index in [1.54, 1.807) is 12.1 Å². The number of anilines is 1. The molecule has 1 heterocycles. The lowest BCUT2D eigenvalue weighted by atomic mass is 9.78. The van der Waals surface area contributed by atoms with Crippen molar-refractivity contribution in [2.24, 2.45) is 0 Å². The molecule has 0 spiro atoms. The van der Waals surface area contributed by atoms with Crippen LogP contribution in [0.2, 0.25) is 0 Å². The van der Waals surface area contributed by atoms with E-state index in [-0.39, 0.29) is 11.3 Å². The minimum Gasteiger partial charge on any atom is -0.478 e. The van der Waals surface area contributed by atoms with E-state index in [9.17, 15) is 4.79 Å². The van der Waals surface area contributed by atoms with E-state index in [2.05, 4.69) is 0 Å². The lowest BCUT2D eigenvalue weighted by Gasteiger charge is -2.32. The fraction of sp³-hybridized carbons (Fsp3) is 0.462. The van der Waals surface area contributed by atoms with Gasteiger partial charge < -0.3 is 20.1 Å². The molecular formula is C13H18BNO4. The van der Waals surface area contributed by atoms with Crippen molar-refractivity contribution in [1.82, 2.24) is 0 Å². The summed E-state index contributed by atoms with van der Waals surface area (Å²) in [4.78, 5) is 10.9. The molecule has 1 aromatic rings. The molecule has 0 bridgehead atoms. The fourth-order valence-electron chi connectivity index (χ4n) is 1.90. The number of hydrogen-bond acceptors (Lipinski definition) is 4. The Morgan fingerprint density at radius 3 is 2.16 bits per heavy atom. The van der Waals surface area contributed by atoms with E-state index in [4.69, 9.17) is 20.1 Å². The maximum absolute atomic E-state index is 10.9. The van der Waals surface area contributed by atoms with Crippen LogP contribution >= 0.6 is 0 Å². The predicted molar refractivity (Wildman–Crippen MR) is 73.5 cm³/mol. The van der Waals surface area contributed by atoms with E-state index in [1.165, 1.54) is 6.07 Å². The quantitative estimate of drug-likeness (QED) is 0.620. The van der Waals surface area contributed by atoms with Crippen molar-refractivity contribution in [3.63, 3.8) is 0 Å². The van der Waals surface area contributed by atoms with Crippen LogP contribution in [0.4, 0.5) is 5.69 Å². The van der Waals surface area contributed by atoms with Crippen molar-refractivity contribution < 1.29 is 19.2 Å². The van der Waals surface area contributed by atoms with E-state index < -0.39 is 24.3 Å². The minimum absolute atomic E-state index is 0.0836. The van der Waals surface area contributed by atoms with Gasteiger partial charge in [0.25, 0.3) is 0 Å². The average Bonchev–Trinajstić information content (AvgIpc) is 2.47. The number of hydrogen-bond donors (Lipinski definition) is 2. The van der Waals surface area contributed by atoms with Gasteiger partial charge in [-0.2, -0.15) is 0 Å². The van der Waals surface area contributed by atoms with Gasteiger partial charge in [-0.15, -0.1) is 0 Å². The molecule has 3 N–H and O–H groups in total. The number of benzene rings is 1. The Balaban J connectivity index is 2.31. The van der Waals surface area contributed by atoms with Crippen LogP contribution in [0.5, 0.6) is 0 Å². The van der Waals surface area contributed by atoms with E-state index >= 15 is 0 Å². The van der Waals surface area contributed by atoms with Gasteiger partial charge in [0, 0.05) is 5.69 Å². The molecule has 6 heteroatoms. The van der Waals surface area contributed by atoms with Crippen molar-refractivity contribution in [3.8, 4) is 0 Å². The van der Waals surface area contributed by atoms with Gasteiger partial charge in [0.05, 0.1) is 16.8 Å². The lowest BCUT2D eigenvalue weighted by Crippen LogP contribution is -2.41. The third-order valence-corrected chi connectivity index (χ3v) is 3.83. The number of carbonyl (C=O) groups is 1. The van der Waals surface area contributed by atoms with Gasteiger partial charge in [-0.05, 0) is 45.3 Å². The Morgan fingerprint density at radius 2 is 1.74 bits per heavy atom. The molecule has 0 aromatic heterocycles. The number of rotatable bonds is 2. The zero-order valence-electron chi connectivity index (χ0n) is 11.6. The molecule has 2 rings (SSSR count). The summed E-state index contributed by atoms with van der Waals surface area (Å²) >= 11 is 0. The maximum Gasteiger partial charge on any atom is 0.494 e. The second kappa shape index (κ2) is 4.25. The molecular weight excluding hydrogens is 245 g/mol. The molecule has 5 nitrogen and oxygen atoms in total. The number of carboxylic acids is 1. The lowest BCUT2D eigenvalue weighted by molar-refractivity contribution is 0.00578. The van der Waals surface area contributed by atoms with Gasteiger partial charge in [0.2, 0.25) is 0 Å². The Kier molecular flexibility index (Phi) is 3.11. The van der Waals surface area contributed by atoms with Crippen LogP contribution in [0, 0.1) is 0 Å². The monoisotopic (exact) mass is 263 g/mol. The second-order valence-electron chi connectivity index (χ2n) is 5.74. The van der Waals surface area contributed by atoms with Gasteiger partial charge in [-0.3, -0.25) is 0 Å². The van der Waals surface area contributed by atoms with E-state index in [0.29, 0.717) is 0 Å². The SMILES string of the molecule is CC1(C)OB(c2ccc(C(=O)O)c(N)c2)OC1(C)C. The molecule has 19 heavy (non-hydrogen) atoms. The van der Waals surface area contributed by atoms with Gasteiger partial charge >= 0.3 is 13.1 Å². The summed E-state index contributed by atoms with van der Waals surface area (Å²) in [5.41, 5.74) is 5.88. The Labute approximate surface area is 112 Å². The smallest absolute Gasteiger partial charge is 0.478 e. The van der Waals surface area contributed by atoms with Crippen molar-refractivity contribution in [2.45, 2.75) is 38.9 Å². The van der Waals surface area contributed by atoms with Crippen LogP contribution < -0.4 is 11.2 Å². The molecule has 0 radical (unpaired) electrons. The van der Waals surface area contributed by atoms with Crippen LogP contribution in [0.25, 0.3) is 0 Å². The standard InChI is InChI=1S/C13H18BNO4/c1-12(2)13(3,4)19-14(18-12)8-5-6-9(11(16)17)10(15)7-8/h5-7H,15H2,1-4H3,(H,16,17). The highest BCUT2D eigenvalue weighted by molar-refractivity contribution is 6.62. The Morgan fingerprint density at radius 1 is 1.21 bits per heavy atom. The summed E-state index contributed by atoms with van der Waals surface area (Å²) in [6, 6.07) is 4.73. The molecule has 0 aliphatic carbocycles. The van der Waals surface area contributed by atoms with E-state index in [0.717, 1.165) is 5.46 Å². The molecule has 1 saturated heterocycles. The van der Waals surface area contributed by atoms with Crippen molar-refractivity contribution in [1.29, 1.82) is 0 Å². The van der Waals surface area contributed by atoms with Crippen LogP contribution in [0.3, 0.4) is 0 Å². The van der Waals surface area contributed by atoms with Crippen LogP contribution in [0.15, 0.2) is 18.2 Å². The third kappa shape index (κ3) is 2.33. The van der Waals surface area contributed by atoms with Crippen LogP contribution in [-0.4, -0.2) is 29.4 Å². The van der Waals surface area contributed by atoms with Crippen LogP contribution in [0.1, 0.15) is 38.1 Å². The highest BCUT2D eigenvalue weighted by atomic mass is 16.7. The molecule has 0 amide bonds. The first-order chi connectivity index (χ1) is 8.64. The minimum atomic E-state index is -1.04. The van der Waals surface area contributed by atoms with Crippen molar-refractivity contribution in [3.05, 3.63) is 23.8 Å². The Hall–Kier alpha value is -1.53. The highest BCUT2D eigenvalue weighted by Crippen LogP contribution is 2.36. The summed E-state index contributed by atoms with van der Waals surface area (Å²) in [5, 5.41) is 8.95. The molecule has 1 aliphatic heterocycles. The highest BCUT2D eigenvalue weighted by Gasteiger charge is 2.51. The average molecular weight is 263 g/mol. The van der Waals surface area contributed by atoms with Crippen molar-refractivity contribution in [2.75, 3.05) is 5.73 Å². The van der Waals surface area contributed by atoms with Gasteiger partial charge in [0.1, 0.15) is 0 Å². The van der Waals surface area contributed by atoms with Crippen LogP contribution in [-0.2, 0) is 9.31 Å². The van der Waals surface area contributed by atoms with Gasteiger partial charge in [-0.1, -0.05) is 6.07 Å². The Bertz CT molecular complexity index is 511.